The normalized spacial score (nSPS) is 16.8. The molecule has 25 heavy (non-hydrogen) atoms. The SMILES string of the molecule is Clc1ccc2ncnc(NCC(c3ccsc3)N3CCOCC3)c2c1. The van der Waals surface area contributed by atoms with E-state index in [1.54, 1.807) is 17.7 Å². The van der Waals surface area contributed by atoms with Crippen LogP contribution in [0.25, 0.3) is 10.9 Å². The third-order valence-electron chi connectivity index (χ3n) is 4.47. The molecule has 4 rings (SSSR count). The van der Waals surface area contributed by atoms with Gasteiger partial charge in [0.25, 0.3) is 0 Å². The van der Waals surface area contributed by atoms with E-state index in [1.807, 2.05) is 18.2 Å². The zero-order valence-corrected chi connectivity index (χ0v) is 15.3. The van der Waals surface area contributed by atoms with Crippen molar-refractivity contribution in [3.63, 3.8) is 0 Å². The molecule has 0 amide bonds. The number of anilines is 1. The van der Waals surface area contributed by atoms with E-state index in [9.17, 15) is 0 Å². The van der Waals surface area contributed by atoms with E-state index in [2.05, 4.69) is 37.0 Å². The molecule has 0 bridgehead atoms. The van der Waals surface area contributed by atoms with Crippen molar-refractivity contribution in [2.75, 3.05) is 38.2 Å². The molecule has 5 nitrogen and oxygen atoms in total. The maximum atomic E-state index is 6.15. The Labute approximate surface area is 155 Å². The summed E-state index contributed by atoms with van der Waals surface area (Å²) in [5.74, 6) is 0.820. The summed E-state index contributed by atoms with van der Waals surface area (Å²) < 4.78 is 5.51. The number of hydrogen-bond donors (Lipinski definition) is 1. The highest BCUT2D eigenvalue weighted by molar-refractivity contribution is 7.08. The van der Waals surface area contributed by atoms with Crippen LogP contribution in [-0.2, 0) is 4.74 Å². The number of rotatable bonds is 5. The molecule has 1 fully saturated rings. The molecule has 0 radical (unpaired) electrons. The number of morpholine rings is 1. The Morgan fingerprint density at radius 3 is 2.92 bits per heavy atom. The van der Waals surface area contributed by atoms with Crippen LogP contribution in [0.15, 0.2) is 41.4 Å². The fourth-order valence-corrected chi connectivity index (χ4v) is 4.05. The minimum absolute atomic E-state index is 0.291. The largest absolute Gasteiger partial charge is 0.379 e. The van der Waals surface area contributed by atoms with Crippen LogP contribution in [0.5, 0.6) is 0 Å². The number of nitrogens with one attached hydrogen (secondary N) is 1. The van der Waals surface area contributed by atoms with E-state index in [1.165, 1.54) is 5.56 Å². The molecule has 1 atom stereocenters. The lowest BCUT2D eigenvalue weighted by atomic mass is 10.1. The van der Waals surface area contributed by atoms with Crippen molar-refractivity contribution in [1.29, 1.82) is 0 Å². The first kappa shape index (κ1) is 16.7. The number of aromatic nitrogens is 2. The molecule has 2 aromatic heterocycles. The number of hydrogen-bond acceptors (Lipinski definition) is 6. The van der Waals surface area contributed by atoms with Gasteiger partial charge in [0.05, 0.1) is 24.8 Å². The molecule has 0 aliphatic carbocycles. The lowest BCUT2D eigenvalue weighted by Gasteiger charge is -2.34. The number of fused-ring (bicyclic) bond motifs is 1. The second-order valence-electron chi connectivity index (χ2n) is 5.99. The van der Waals surface area contributed by atoms with Crippen molar-refractivity contribution in [3.8, 4) is 0 Å². The summed E-state index contributed by atoms with van der Waals surface area (Å²) in [6.07, 6.45) is 1.59. The molecule has 1 aliphatic heterocycles. The Bertz CT molecular complexity index is 836. The van der Waals surface area contributed by atoms with Gasteiger partial charge in [0.15, 0.2) is 0 Å². The van der Waals surface area contributed by atoms with E-state index in [-0.39, 0.29) is 0 Å². The van der Waals surface area contributed by atoms with E-state index in [0.29, 0.717) is 11.1 Å². The quantitative estimate of drug-likeness (QED) is 0.735. The molecule has 1 aromatic carbocycles. The monoisotopic (exact) mass is 374 g/mol. The lowest BCUT2D eigenvalue weighted by molar-refractivity contribution is 0.0188. The molecule has 1 saturated heterocycles. The van der Waals surface area contributed by atoms with Gasteiger partial charge >= 0.3 is 0 Å². The highest BCUT2D eigenvalue weighted by Gasteiger charge is 2.23. The van der Waals surface area contributed by atoms with E-state index >= 15 is 0 Å². The van der Waals surface area contributed by atoms with Crippen LogP contribution in [-0.4, -0.2) is 47.7 Å². The van der Waals surface area contributed by atoms with Crippen molar-refractivity contribution < 1.29 is 4.74 Å². The fraction of sp³-hybridized carbons (Fsp3) is 0.333. The Morgan fingerprint density at radius 1 is 1.24 bits per heavy atom. The second-order valence-corrected chi connectivity index (χ2v) is 7.20. The maximum Gasteiger partial charge on any atom is 0.137 e. The second kappa shape index (κ2) is 7.66. The molecule has 130 valence electrons. The Hall–Kier alpha value is -1.73. The first-order valence-corrected chi connectivity index (χ1v) is 9.61. The van der Waals surface area contributed by atoms with Crippen LogP contribution in [0.3, 0.4) is 0 Å². The molecule has 1 aliphatic rings. The molecular weight excluding hydrogens is 356 g/mol. The van der Waals surface area contributed by atoms with Crippen molar-refractivity contribution >= 4 is 39.7 Å². The van der Waals surface area contributed by atoms with Gasteiger partial charge in [-0.05, 0) is 40.6 Å². The summed E-state index contributed by atoms with van der Waals surface area (Å²) in [5, 5.41) is 9.49. The fourth-order valence-electron chi connectivity index (χ4n) is 3.17. The van der Waals surface area contributed by atoms with Gasteiger partial charge < -0.3 is 10.1 Å². The van der Waals surface area contributed by atoms with Gasteiger partial charge in [0.2, 0.25) is 0 Å². The molecule has 3 aromatic rings. The van der Waals surface area contributed by atoms with E-state index in [0.717, 1.165) is 49.6 Å². The van der Waals surface area contributed by atoms with Crippen molar-refractivity contribution in [3.05, 3.63) is 51.9 Å². The van der Waals surface area contributed by atoms with Gasteiger partial charge in [-0.15, -0.1) is 0 Å². The average molecular weight is 375 g/mol. The smallest absolute Gasteiger partial charge is 0.137 e. The zero-order chi connectivity index (χ0) is 17.1. The molecule has 7 heteroatoms. The van der Waals surface area contributed by atoms with Gasteiger partial charge in [-0.1, -0.05) is 11.6 Å². The van der Waals surface area contributed by atoms with Crippen LogP contribution in [0.4, 0.5) is 5.82 Å². The molecule has 1 N–H and O–H groups in total. The van der Waals surface area contributed by atoms with Gasteiger partial charge in [-0.3, -0.25) is 4.90 Å². The highest BCUT2D eigenvalue weighted by Crippen LogP contribution is 2.27. The zero-order valence-electron chi connectivity index (χ0n) is 13.7. The van der Waals surface area contributed by atoms with Gasteiger partial charge in [0.1, 0.15) is 12.1 Å². The number of nitrogens with zero attached hydrogens (tertiary/aromatic N) is 3. The summed E-state index contributed by atoms with van der Waals surface area (Å²) in [5.41, 5.74) is 2.22. The number of halogens is 1. The van der Waals surface area contributed by atoms with E-state index in [4.69, 9.17) is 16.3 Å². The number of ether oxygens (including phenoxy) is 1. The molecule has 0 spiro atoms. The molecule has 1 unspecified atom stereocenters. The van der Waals surface area contributed by atoms with Crippen molar-refractivity contribution in [2.24, 2.45) is 0 Å². The van der Waals surface area contributed by atoms with Gasteiger partial charge in [-0.2, -0.15) is 11.3 Å². The first-order valence-electron chi connectivity index (χ1n) is 8.29. The summed E-state index contributed by atoms with van der Waals surface area (Å²) in [6, 6.07) is 8.17. The predicted octanol–water partition coefficient (Wildman–Crippen LogP) is 3.83. The van der Waals surface area contributed by atoms with Crippen LogP contribution < -0.4 is 5.32 Å². The topological polar surface area (TPSA) is 50.3 Å². The summed E-state index contributed by atoms with van der Waals surface area (Å²) in [4.78, 5) is 11.2. The Balaban J connectivity index is 1.58. The Kier molecular flexibility index (Phi) is 5.12. The van der Waals surface area contributed by atoms with Crippen LogP contribution in [0, 0.1) is 0 Å². The number of benzene rings is 1. The van der Waals surface area contributed by atoms with Crippen LogP contribution >= 0.6 is 22.9 Å². The van der Waals surface area contributed by atoms with Crippen molar-refractivity contribution in [1.82, 2.24) is 14.9 Å². The van der Waals surface area contributed by atoms with Gasteiger partial charge in [-0.25, -0.2) is 9.97 Å². The number of thiophene rings is 1. The highest BCUT2D eigenvalue weighted by atomic mass is 35.5. The van der Waals surface area contributed by atoms with Gasteiger partial charge in [0, 0.05) is 30.0 Å². The predicted molar refractivity (Wildman–Crippen MR) is 102 cm³/mol. The summed E-state index contributed by atoms with van der Waals surface area (Å²) >= 11 is 7.88. The third kappa shape index (κ3) is 3.77. The van der Waals surface area contributed by atoms with Crippen LogP contribution in [0.1, 0.15) is 11.6 Å². The van der Waals surface area contributed by atoms with Crippen molar-refractivity contribution in [2.45, 2.75) is 6.04 Å². The van der Waals surface area contributed by atoms with Crippen LogP contribution in [0.2, 0.25) is 5.02 Å². The summed E-state index contributed by atoms with van der Waals surface area (Å²) in [6.45, 7) is 4.23. The molecule has 3 heterocycles. The summed E-state index contributed by atoms with van der Waals surface area (Å²) in [7, 11) is 0. The average Bonchev–Trinajstić information content (AvgIpc) is 3.17. The molecule has 0 saturated carbocycles. The minimum Gasteiger partial charge on any atom is -0.379 e. The standard InChI is InChI=1S/C18H19ClN4OS/c19-14-1-2-16-15(9-14)18(22-12-21-16)20-10-17(13-3-8-25-11-13)23-4-6-24-7-5-23/h1-3,8-9,11-12,17H,4-7,10H2,(H,20,21,22). The Morgan fingerprint density at radius 2 is 2.12 bits per heavy atom. The lowest BCUT2D eigenvalue weighted by Crippen LogP contribution is -2.41. The third-order valence-corrected chi connectivity index (χ3v) is 5.41. The molecular formula is C18H19ClN4OS. The maximum absolute atomic E-state index is 6.15. The first-order chi connectivity index (χ1) is 12.3. The minimum atomic E-state index is 0.291. The van der Waals surface area contributed by atoms with E-state index < -0.39 is 0 Å².